The Balaban J connectivity index is 1.34. The van der Waals surface area contributed by atoms with Crippen molar-refractivity contribution in [3.05, 3.63) is 51.7 Å². The van der Waals surface area contributed by atoms with Crippen LogP contribution in [0.3, 0.4) is 0 Å². The number of benzene rings is 1. The molecule has 1 aliphatic carbocycles. The number of nitrogens with zero attached hydrogens (tertiary/aromatic N) is 5. The quantitative estimate of drug-likeness (QED) is 0.499. The van der Waals surface area contributed by atoms with E-state index in [4.69, 9.17) is 0 Å². The molecule has 29 heavy (non-hydrogen) atoms. The first-order chi connectivity index (χ1) is 14.2. The maximum absolute atomic E-state index is 12.7. The molecule has 0 spiro atoms. The molecule has 0 unspecified atom stereocenters. The maximum Gasteiger partial charge on any atom is 0.229 e. The molecule has 0 bridgehead atoms. The minimum Gasteiger partial charge on any atom is -0.326 e. The summed E-state index contributed by atoms with van der Waals surface area (Å²) in [7, 11) is 0. The summed E-state index contributed by atoms with van der Waals surface area (Å²) < 4.78 is 1.87. The Morgan fingerprint density at radius 1 is 1.28 bits per heavy atom. The fourth-order valence-electron chi connectivity index (χ4n) is 3.23. The second-order valence-electron chi connectivity index (χ2n) is 6.97. The van der Waals surface area contributed by atoms with E-state index in [1.54, 1.807) is 22.7 Å². The minimum atomic E-state index is -0.0645. The van der Waals surface area contributed by atoms with E-state index in [1.165, 1.54) is 0 Å². The third kappa shape index (κ3) is 3.83. The highest BCUT2D eigenvalue weighted by molar-refractivity contribution is 7.15. The summed E-state index contributed by atoms with van der Waals surface area (Å²) in [5.74, 6) is 0.673. The van der Waals surface area contributed by atoms with Crippen molar-refractivity contribution in [2.45, 2.75) is 32.2 Å². The van der Waals surface area contributed by atoms with Gasteiger partial charge in [-0.3, -0.25) is 4.79 Å². The lowest BCUT2D eigenvalue weighted by Crippen LogP contribution is -2.14. The van der Waals surface area contributed by atoms with Gasteiger partial charge in [0.05, 0.1) is 28.0 Å². The van der Waals surface area contributed by atoms with E-state index < -0.39 is 0 Å². The predicted molar refractivity (Wildman–Crippen MR) is 114 cm³/mol. The van der Waals surface area contributed by atoms with Gasteiger partial charge in [-0.05, 0) is 53.8 Å². The molecule has 1 amide bonds. The van der Waals surface area contributed by atoms with Crippen LogP contribution in [0.4, 0.5) is 5.69 Å². The van der Waals surface area contributed by atoms with Crippen molar-refractivity contribution < 1.29 is 4.79 Å². The van der Waals surface area contributed by atoms with E-state index in [2.05, 4.69) is 25.8 Å². The van der Waals surface area contributed by atoms with Crippen LogP contribution in [0.15, 0.2) is 41.8 Å². The Hall–Kier alpha value is -2.91. The van der Waals surface area contributed by atoms with E-state index in [0.29, 0.717) is 12.5 Å². The number of hydrogen-bond acceptors (Lipinski definition) is 7. The van der Waals surface area contributed by atoms with Crippen LogP contribution in [-0.4, -0.2) is 31.1 Å². The van der Waals surface area contributed by atoms with Crippen LogP contribution in [0.5, 0.6) is 0 Å². The fourth-order valence-corrected chi connectivity index (χ4v) is 4.99. The third-order valence-electron chi connectivity index (χ3n) is 4.67. The molecule has 9 heteroatoms. The minimum absolute atomic E-state index is 0.0645. The maximum atomic E-state index is 12.7. The number of nitrogens with one attached hydrogen (secondary N) is 1. The van der Waals surface area contributed by atoms with E-state index >= 15 is 0 Å². The lowest BCUT2D eigenvalue weighted by Gasteiger charge is -2.08. The van der Waals surface area contributed by atoms with E-state index in [-0.39, 0.29) is 5.91 Å². The molecule has 3 aromatic heterocycles. The van der Waals surface area contributed by atoms with Gasteiger partial charge in [-0.25, -0.2) is 9.67 Å². The number of carbonyl (C=O) groups is 1. The number of amides is 1. The molecule has 4 aromatic rings. The van der Waals surface area contributed by atoms with Gasteiger partial charge in [0.1, 0.15) is 0 Å². The summed E-state index contributed by atoms with van der Waals surface area (Å²) >= 11 is 3.20. The smallest absolute Gasteiger partial charge is 0.229 e. The molecule has 0 aliphatic heterocycles. The second kappa shape index (κ2) is 7.49. The topological polar surface area (TPSA) is 85.6 Å². The van der Waals surface area contributed by atoms with Crippen molar-refractivity contribution in [3.8, 4) is 22.0 Å². The first kappa shape index (κ1) is 18.1. The highest BCUT2D eigenvalue weighted by atomic mass is 32.1. The molecule has 1 N–H and O–H groups in total. The number of aryl methyl sites for hydroxylation is 1. The zero-order valence-electron chi connectivity index (χ0n) is 15.7. The molecule has 3 heterocycles. The van der Waals surface area contributed by atoms with Crippen molar-refractivity contribution in [2.75, 3.05) is 5.32 Å². The van der Waals surface area contributed by atoms with E-state index in [0.717, 1.165) is 50.4 Å². The van der Waals surface area contributed by atoms with Gasteiger partial charge in [-0.15, -0.1) is 27.8 Å². The Morgan fingerprint density at radius 3 is 2.97 bits per heavy atom. The number of tetrazole rings is 1. The standard InChI is InChI=1S/C20H18N6OS2/c1-12-21-19(16-6-3-9-28-16)17(29-12)11-18(27)22-14-5-2-4-13(10-14)20-23-24-25-26(20)15-7-8-15/h2-6,9-10,15H,7-8,11H2,1H3,(H,22,27). The predicted octanol–water partition coefficient (Wildman–Crippen LogP) is 4.35. The molecule has 0 radical (unpaired) electrons. The first-order valence-electron chi connectivity index (χ1n) is 9.36. The molecule has 5 rings (SSSR count). The molecule has 1 saturated carbocycles. The molecule has 1 aliphatic rings. The van der Waals surface area contributed by atoms with Crippen LogP contribution in [-0.2, 0) is 11.2 Å². The number of rotatable bonds is 6. The van der Waals surface area contributed by atoms with Crippen LogP contribution in [0.25, 0.3) is 22.0 Å². The summed E-state index contributed by atoms with van der Waals surface area (Å²) in [5.41, 5.74) is 2.54. The zero-order chi connectivity index (χ0) is 19.8. The van der Waals surface area contributed by atoms with Crippen molar-refractivity contribution >= 4 is 34.3 Å². The molecular formula is C20H18N6OS2. The number of aromatic nitrogens is 5. The number of carbonyl (C=O) groups excluding carboxylic acids is 1. The highest BCUT2D eigenvalue weighted by Crippen LogP contribution is 2.37. The average Bonchev–Trinajstić information content (AvgIpc) is 3.10. The summed E-state index contributed by atoms with van der Waals surface area (Å²) in [4.78, 5) is 19.4. The Kier molecular flexibility index (Phi) is 4.69. The van der Waals surface area contributed by atoms with Gasteiger partial charge in [0, 0.05) is 16.1 Å². The second-order valence-corrected chi connectivity index (χ2v) is 9.20. The molecular weight excluding hydrogens is 404 g/mol. The van der Waals surface area contributed by atoms with Crippen molar-refractivity contribution in [1.82, 2.24) is 25.2 Å². The summed E-state index contributed by atoms with van der Waals surface area (Å²) in [5, 5.41) is 18.1. The molecule has 146 valence electrons. The summed E-state index contributed by atoms with van der Waals surface area (Å²) in [6, 6.07) is 12.1. The van der Waals surface area contributed by atoms with Gasteiger partial charge in [0.15, 0.2) is 5.82 Å². The molecule has 0 atom stereocenters. The lowest BCUT2D eigenvalue weighted by molar-refractivity contribution is -0.115. The van der Waals surface area contributed by atoms with Gasteiger partial charge in [0.2, 0.25) is 5.91 Å². The number of hydrogen-bond donors (Lipinski definition) is 1. The summed E-state index contributed by atoms with van der Waals surface area (Å²) in [6.45, 7) is 1.97. The van der Waals surface area contributed by atoms with Gasteiger partial charge in [-0.1, -0.05) is 18.2 Å². The fraction of sp³-hybridized carbons (Fsp3) is 0.250. The van der Waals surface area contributed by atoms with E-state index in [1.807, 2.05) is 53.4 Å². The van der Waals surface area contributed by atoms with Crippen molar-refractivity contribution in [1.29, 1.82) is 0 Å². The van der Waals surface area contributed by atoms with Gasteiger partial charge >= 0.3 is 0 Å². The normalized spacial score (nSPS) is 13.6. The molecule has 0 saturated heterocycles. The average molecular weight is 423 g/mol. The summed E-state index contributed by atoms with van der Waals surface area (Å²) in [6.07, 6.45) is 2.51. The monoisotopic (exact) mass is 422 g/mol. The largest absolute Gasteiger partial charge is 0.326 e. The van der Waals surface area contributed by atoms with Crippen LogP contribution in [0, 0.1) is 6.92 Å². The highest BCUT2D eigenvalue weighted by Gasteiger charge is 2.28. The Labute approximate surface area is 175 Å². The lowest BCUT2D eigenvalue weighted by atomic mass is 10.1. The molecule has 1 aromatic carbocycles. The number of anilines is 1. The van der Waals surface area contributed by atoms with Crippen LogP contribution in [0.1, 0.15) is 28.8 Å². The van der Waals surface area contributed by atoms with Crippen LogP contribution < -0.4 is 5.32 Å². The van der Waals surface area contributed by atoms with E-state index in [9.17, 15) is 4.79 Å². The first-order valence-corrected chi connectivity index (χ1v) is 11.1. The van der Waals surface area contributed by atoms with Crippen molar-refractivity contribution in [2.24, 2.45) is 0 Å². The Bertz CT molecular complexity index is 1160. The van der Waals surface area contributed by atoms with Crippen molar-refractivity contribution in [3.63, 3.8) is 0 Å². The molecule has 1 fully saturated rings. The molecule has 7 nitrogen and oxygen atoms in total. The van der Waals surface area contributed by atoms with Gasteiger partial charge < -0.3 is 5.32 Å². The zero-order valence-corrected chi connectivity index (χ0v) is 17.3. The number of thiazole rings is 1. The van der Waals surface area contributed by atoms with Crippen LogP contribution >= 0.6 is 22.7 Å². The van der Waals surface area contributed by atoms with Crippen LogP contribution in [0.2, 0.25) is 0 Å². The third-order valence-corrected chi connectivity index (χ3v) is 6.52. The van der Waals surface area contributed by atoms with Gasteiger partial charge in [-0.2, -0.15) is 0 Å². The Morgan fingerprint density at radius 2 is 2.17 bits per heavy atom. The van der Waals surface area contributed by atoms with Gasteiger partial charge in [0.25, 0.3) is 0 Å². The SMILES string of the molecule is Cc1nc(-c2cccs2)c(CC(=O)Nc2cccc(-c3nnnn3C3CC3)c2)s1. The number of thiophene rings is 1.